The number of hydrogen-bond donors (Lipinski definition) is 0. The molecule has 4 nitrogen and oxygen atoms in total. The van der Waals surface area contributed by atoms with Gasteiger partial charge in [-0.25, -0.2) is 0 Å². The summed E-state index contributed by atoms with van der Waals surface area (Å²) in [6.07, 6.45) is 6.45. The van der Waals surface area contributed by atoms with Gasteiger partial charge in [-0.2, -0.15) is 0 Å². The Bertz CT molecular complexity index is 445. The second-order valence-corrected chi connectivity index (χ2v) is 6.35. The van der Waals surface area contributed by atoms with E-state index in [1.165, 1.54) is 6.42 Å². The van der Waals surface area contributed by atoms with Gasteiger partial charge in [0.15, 0.2) is 0 Å². The first-order valence-electron chi connectivity index (χ1n) is 8.61. The standard InChI is InChI=1S/C19H28O4/c1-2-19(15-22-16-19)14-21-11-5-3-4-6-12-23-18-9-7-17(13-20)8-10-18/h7-10,13H,2-6,11-12,14-16H2,1H3. The quantitative estimate of drug-likeness (QED) is 0.433. The lowest BCUT2D eigenvalue weighted by Crippen LogP contribution is -2.45. The van der Waals surface area contributed by atoms with Crippen molar-refractivity contribution in [3.63, 3.8) is 0 Å². The predicted octanol–water partition coefficient (Wildman–Crippen LogP) is 3.88. The lowest BCUT2D eigenvalue weighted by molar-refractivity contribution is -0.150. The Balaban J connectivity index is 1.42. The molecule has 0 bridgehead atoms. The van der Waals surface area contributed by atoms with Gasteiger partial charge in [-0.15, -0.1) is 0 Å². The van der Waals surface area contributed by atoms with Crippen LogP contribution in [0.3, 0.4) is 0 Å². The minimum absolute atomic E-state index is 0.299. The van der Waals surface area contributed by atoms with E-state index in [0.717, 1.165) is 70.8 Å². The summed E-state index contributed by atoms with van der Waals surface area (Å²) < 4.78 is 16.7. The van der Waals surface area contributed by atoms with Crippen LogP contribution in [0.15, 0.2) is 24.3 Å². The van der Waals surface area contributed by atoms with Crippen molar-refractivity contribution in [1.29, 1.82) is 0 Å². The van der Waals surface area contributed by atoms with Gasteiger partial charge in [-0.05, 0) is 49.9 Å². The molecule has 4 heteroatoms. The minimum Gasteiger partial charge on any atom is -0.494 e. The number of carbonyl (C=O) groups excluding carboxylic acids is 1. The van der Waals surface area contributed by atoms with Crippen LogP contribution in [-0.4, -0.2) is 39.3 Å². The number of hydrogen-bond acceptors (Lipinski definition) is 4. The number of unbranched alkanes of at least 4 members (excludes halogenated alkanes) is 3. The van der Waals surface area contributed by atoms with Crippen molar-refractivity contribution in [3.8, 4) is 5.75 Å². The van der Waals surface area contributed by atoms with Gasteiger partial charge >= 0.3 is 0 Å². The molecule has 1 aliphatic rings. The third-order valence-electron chi connectivity index (χ3n) is 4.44. The fourth-order valence-corrected chi connectivity index (χ4v) is 2.56. The average molecular weight is 320 g/mol. The van der Waals surface area contributed by atoms with E-state index in [1.807, 2.05) is 12.1 Å². The van der Waals surface area contributed by atoms with Gasteiger partial charge in [0, 0.05) is 17.6 Å². The maximum absolute atomic E-state index is 10.6. The molecule has 1 fully saturated rings. The minimum atomic E-state index is 0.299. The van der Waals surface area contributed by atoms with Crippen molar-refractivity contribution < 1.29 is 19.0 Å². The van der Waals surface area contributed by atoms with E-state index in [4.69, 9.17) is 14.2 Å². The molecule has 0 spiro atoms. The molecule has 0 saturated carbocycles. The third kappa shape index (κ3) is 5.96. The first-order chi connectivity index (χ1) is 11.3. The van der Waals surface area contributed by atoms with E-state index in [9.17, 15) is 4.79 Å². The molecule has 0 unspecified atom stereocenters. The molecule has 1 heterocycles. The highest BCUT2D eigenvalue weighted by molar-refractivity contribution is 5.74. The first-order valence-corrected chi connectivity index (χ1v) is 8.61. The number of ether oxygens (including phenoxy) is 3. The Labute approximate surface area is 139 Å². The summed E-state index contributed by atoms with van der Waals surface area (Å²) in [5.41, 5.74) is 0.975. The van der Waals surface area contributed by atoms with Gasteiger partial charge in [-0.3, -0.25) is 4.79 Å². The molecule has 0 aromatic heterocycles. The monoisotopic (exact) mass is 320 g/mol. The van der Waals surface area contributed by atoms with Crippen LogP contribution >= 0.6 is 0 Å². The lowest BCUT2D eigenvalue weighted by atomic mass is 9.84. The Morgan fingerprint density at radius 3 is 2.35 bits per heavy atom. The van der Waals surface area contributed by atoms with Crippen LogP contribution in [-0.2, 0) is 9.47 Å². The van der Waals surface area contributed by atoms with E-state index in [1.54, 1.807) is 12.1 Å². The second-order valence-electron chi connectivity index (χ2n) is 6.35. The largest absolute Gasteiger partial charge is 0.494 e. The molecule has 1 saturated heterocycles. The summed E-state index contributed by atoms with van der Waals surface area (Å²) >= 11 is 0. The van der Waals surface area contributed by atoms with E-state index >= 15 is 0 Å². The number of carbonyl (C=O) groups is 1. The van der Waals surface area contributed by atoms with Gasteiger partial charge in [0.1, 0.15) is 12.0 Å². The fraction of sp³-hybridized carbons (Fsp3) is 0.632. The molecule has 23 heavy (non-hydrogen) atoms. The van der Waals surface area contributed by atoms with Gasteiger partial charge in [0.25, 0.3) is 0 Å². The Hall–Kier alpha value is -1.39. The summed E-state index contributed by atoms with van der Waals surface area (Å²) in [5.74, 6) is 0.825. The second kappa shape index (κ2) is 9.68. The molecular weight excluding hydrogens is 292 g/mol. The molecule has 128 valence electrons. The van der Waals surface area contributed by atoms with Crippen molar-refractivity contribution in [2.24, 2.45) is 5.41 Å². The van der Waals surface area contributed by atoms with Crippen LogP contribution in [0.2, 0.25) is 0 Å². The highest BCUT2D eigenvalue weighted by Gasteiger charge is 2.36. The van der Waals surface area contributed by atoms with Crippen LogP contribution in [0.5, 0.6) is 5.75 Å². The molecule has 1 aromatic rings. The zero-order valence-electron chi connectivity index (χ0n) is 14.1. The Morgan fingerprint density at radius 2 is 1.78 bits per heavy atom. The molecule has 0 amide bonds. The van der Waals surface area contributed by atoms with Crippen LogP contribution in [0.1, 0.15) is 49.4 Å². The maximum atomic E-state index is 10.6. The van der Waals surface area contributed by atoms with Crippen molar-refractivity contribution in [2.45, 2.75) is 39.0 Å². The number of benzene rings is 1. The predicted molar refractivity (Wildman–Crippen MR) is 90.2 cm³/mol. The first kappa shape index (κ1) is 18.0. The summed E-state index contributed by atoms with van der Waals surface area (Å²) in [7, 11) is 0. The topological polar surface area (TPSA) is 44.8 Å². The Kier molecular flexibility index (Phi) is 7.56. The van der Waals surface area contributed by atoms with Crippen molar-refractivity contribution in [1.82, 2.24) is 0 Å². The van der Waals surface area contributed by atoms with Crippen LogP contribution in [0.4, 0.5) is 0 Å². The zero-order chi connectivity index (χ0) is 16.4. The molecule has 1 aliphatic heterocycles. The molecule has 1 aromatic carbocycles. The smallest absolute Gasteiger partial charge is 0.150 e. The summed E-state index contributed by atoms with van der Waals surface area (Å²) in [6.45, 7) is 6.32. The molecule has 0 aliphatic carbocycles. The number of rotatable bonds is 12. The maximum Gasteiger partial charge on any atom is 0.150 e. The van der Waals surface area contributed by atoms with Crippen LogP contribution in [0, 0.1) is 5.41 Å². The van der Waals surface area contributed by atoms with Crippen molar-refractivity contribution >= 4 is 6.29 Å². The molecule has 2 rings (SSSR count). The van der Waals surface area contributed by atoms with E-state index in [2.05, 4.69) is 6.92 Å². The van der Waals surface area contributed by atoms with Crippen molar-refractivity contribution in [2.75, 3.05) is 33.0 Å². The molecular formula is C19H28O4. The van der Waals surface area contributed by atoms with Crippen LogP contribution < -0.4 is 4.74 Å². The van der Waals surface area contributed by atoms with Crippen LogP contribution in [0.25, 0.3) is 0 Å². The SMILES string of the molecule is CCC1(COCCCCCCOc2ccc(C=O)cc2)COC1. The summed E-state index contributed by atoms with van der Waals surface area (Å²) in [5, 5.41) is 0. The highest BCUT2D eigenvalue weighted by atomic mass is 16.5. The van der Waals surface area contributed by atoms with E-state index in [0.29, 0.717) is 11.0 Å². The molecule has 0 radical (unpaired) electrons. The van der Waals surface area contributed by atoms with Gasteiger partial charge in [-0.1, -0.05) is 13.3 Å². The van der Waals surface area contributed by atoms with Gasteiger partial charge in [0.2, 0.25) is 0 Å². The molecule has 0 atom stereocenters. The third-order valence-corrected chi connectivity index (χ3v) is 4.44. The number of aldehydes is 1. The van der Waals surface area contributed by atoms with Crippen molar-refractivity contribution in [3.05, 3.63) is 29.8 Å². The highest BCUT2D eigenvalue weighted by Crippen LogP contribution is 2.31. The van der Waals surface area contributed by atoms with Gasteiger partial charge in [0.05, 0.1) is 26.4 Å². The molecule has 0 N–H and O–H groups in total. The Morgan fingerprint density at radius 1 is 1.09 bits per heavy atom. The van der Waals surface area contributed by atoms with Gasteiger partial charge < -0.3 is 14.2 Å². The average Bonchev–Trinajstić information content (AvgIpc) is 2.56. The van der Waals surface area contributed by atoms with E-state index in [-0.39, 0.29) is 0 Å². The lowest BCUT2D eigenvalue weighted by Gasteiger charge is -2.40. The fourth-order valence-electron chi connectivity index (χ4n) is 2.56. The summed E-state index contributed by atoms with van der Waals surface area (Å²) in [4.78, 5) is 10.6. The normalized spacial score (nSPS) is 15.9. The zero-order valence-corrected chi connectivity index (χ0v) is 14.1. The summed E-state index contributed by atoms with van der Waals surface area (Å²) in [6, 6.07) is 7.22. The van der Waals surface area contributed by atoms with E-state index < -0.39 is 0 Å².